The highest BCUT2D eigenvalue weighted by Gasteiger charge is 2.42. The van der Waals surface area contributed by atoms with Gasteiger partial charge in [-0.15, -0.1) is 0 Å². The first-order valence-corrected chi connectivity index (χ1v) is 10.1. The Bertz CT molecular complexity index is 969. The topological polar surface area (TPSA) is 34.1 Å². The highest BCUT2D eigenvalue weighted by Crippen LogP contribution is 2.50. The maximum Gasteiger partial charge on any atom is 0.214 e. The fraction of sp³-hybridized carbons (Fsp3) is 0.227. The zero-order valence-corrected chi connectivity index (χ0v) is 15.9. The van der Waals surface area contributed by atoms with Gasteiger partial charge >= 0.3 is 0 Å². The van der Waals surface area contributed by atoms with E-state index in [-0.39, 0.29) is 12.3 Å². The molecule has 2 aromatic carbocycles. The van der Waals surface area contributed by atoms with Gasteiger partial charge in [0.1, 0.15) is 0 Å². The van der Waals surface area contributed by atoms with Gasteiger partial charge in [-0.1, -0.05) is 42.5 Å². The standard InChI is InChI=1S/C22H20N2O2S/c1-2-25-20-10-6-9-17-19-13-18(15-7-4-3-5-8-15)23-24(19)22(26-21(17)20)16-11-12-27-14-16/h3-12,14,19,22H,2,13H2,1H3. The number of fused-ring (bicyclic) bond motifs is 3. The second-order valence-electron chi connectivity index (χ2n) is 6.65. The van der Waals surface area contributed by atoms with Crippen molar-refractivity contribution in [2.24, 2.45) is 5.10 Å². The van der Waals surface area contributed by atoms with Crippen LogP contribution < -0.4 is 9.47 Å². The van der Waals surface area contributed by atoms with Crippen molar-refractivity contribution < 1.29 is 9.47 Å². The van der Waals surface area contributed by atoms with Gasteiger partial charge in [-0.25, -0.2) is 5.01 Å². The van der Waals surface area contributed by atoms with Crippen molar-refractivity contribution in [2.75, 3.05) is 6.61 Å². The summed E-state index contributed by atoms with van der Waals surface area (Å²) in [7, 11) is 0. The van der Waals surface area contributed by atoms with Crippen molar-refractivity contribution in [3.8, 4) is 11.5 Å². The Morgan fingerprint density at radius 3 is 2.81 bits per heavy atom. The van der Waals surface area contributed by atoms with Crippen molar-refractivity contribution in [3.63, 3.8) is 0 Å². The molecule has 3 heterocycles. The average Bonchev–Trinajstić information content (AvgIpc) is 3.39. The molecule has 2 aliphatic heterocycles. The van der Waals surface area contributed by atoms with Crippen molar-refractivity contribution in [2.45, 2.75) is 25.6 Å². The second-order valence-corrected chi connectivity index (χ2v) is 7.43. The van der Waals surface area contributed by atoms with Crippen molar-refractivity contribution >= 4 is 17.0 Å². The highest BCUT2D eigenvalue weighted by molar-refractivity contribution is 7.07. The average molecular weight is 376 g/mol. The van der Waals surface area contributed by atoms with Crippen LogP contribution in [0.1, 0.15) is 42.3 Å². The Morgan fingerprint density at radius 2 is 2.04 bits per heavy atom. The number of rotatable bonds is 4. The van der Waals surface area contributed by atoms with Crippen LogP contribution in [-0.2, 0) is 0 Å². The number of hydrogen-bond donors (Lipinski definition) is 0. The summed E-state index contributed by atoms with van der Waals surface area (Å²) in [6.45, 7) is 2.61. The molecule has 0 fully saturated rings. The lowest BCUT2D eigenvalue weighted by molar-refractivity contribution is -0.0209. The molecule has 4 nitrogen and oxygen atoms in total. The van der Waals surface area contributed by atoms with Crippen LogP contribution in [0.2, 0.25) is 0 Å². The SMILES string of the molecule is CCOc1cccc2c1OC(c1ccsc1)N1N=C(c3ccccc3)CC21. The number of ether oxygens (including phenoxy) is 2. The summed E-state index contributed by atoms with van der Waals surface area (Å²) in [5.74, 6) is 1.66. The minimum absolute atomic E-state index is 0.147. The quantitative estimate of drug-likeness (QED) is 0.612. The molecule has 2 unspecified atom stereocenters. The van der Waals surface area contributed by atoms with Gasteiger partial charge in [0.25, 0.3) is 0 Å². The molecule has 0 saturated heterocycles. The lowest BCUT2D eigenvalue weighted by Gasteiger charge is -2.38. The van der Waals surface area contributed by atoms with Crippen LogP contribution in [0.15, 0.2) is 70.5 Å². The third-order valence-corrected chi connectivity index (χ3v) is 5.72. The number of hydrogen-bond acceptors (Lipinski definition) is 5. The van der Waals surface area contributed by atoms with E-state index in [4.69, 9.17) is 14.6 Å². The van der Waals surface area contributed by atoms with Gasteiger partial charge in [0, 0.05) is 17.5 Å². The molecule has 1 aromatic heterocycles. The van der Waals surface area contributed by atoms with Gasteiger partial charge in [0.2, 0.25) is 6.23 Å². The summed E-state index contributed by atoms with van der Waals surface area (Å²) in [6, 6.07) is 18.8. The first-order chi connectivity index (χ1) is 13.3. The molecule has 0 spiro atoms. The van der Waals surface area contributed by atoms with E-state index >= 15 is 0 Å². The van der Waals surface area contributed by atoms with Crippen LogP contribution in [0.3, 0.4) is 0 Å². The second kappa shape index (κ2) is 6.74. The molecule has 0 saturated carbocycles. The molecule has 0 amide bonds. The first-order valence-electron chi connectivity index (χ1n) is 9.21. The van der Waals surface area contributed by atoms with Crippen molar-refractivity contribution in [1.82, 2.24) is 5.01 Å². The molecule has 5 rings (SSSR count). The number of thiophene rings is 1. The molecule has 0 bridgehead atoms. The van der Waals surface area contributed by atoms with Crippen LogP contribution in [-0.4, -0.2) is 17.3 Å². The van der Waals surface area contributed by atoms with Crippen LogP contribution in [0.5, 0.6) is 11.5 Å². The molecular weight excluding hydrogens is 356 g/mol. The van der Waals surface area contributed by atoms with Gasteiger partial charge in [-0.05, 0) is 35.4 Å². The van der Waals surface area contributed by atoms with Gasteiger partial charge in [0.15, 0.2) is 11.5 Å². The predicted octanol–water partition coefficient (Wildman–Crippen LogP) is 5.39. The summed E-state index contributed by atoms with van der Waals surface area (Å²) in [4.78, 5) is 0. The van der Waals surface area contributed by atoms with Gasteiger partial charge in [0.05, 0.1) is 18.4 Å². The minimum atomic E-state index is -0.239. The summed E-state index contributed by atoms with van der Waals surface area (Å²) in [5.41, 5.74) is 4.53. The molecular formula is C22H20N2O2S. The molecule has 2 aliphatic rings. The zero-order chi connectivity index (χ0) is 18.2. The first kappa shape index (κ1) is 16.4. The lowest BCUT2D eigenvalue weighted by atomic mass is 9.96. The number of nitrogens with zero attached hydrogens (tertiary/aromatic N) is 2. The maximum absolute atomic E-state index is 6.46. The molecule has 27 heavy (non-hydrogen) atoms. The molecule has 2 atom stereocenters. The minimum Gasteiger partial charge on any atom is -0.490 e. The molecule has 0 radical (unpaired) electrons. The number of hydrazone groups is 1. The van der Waals surface area contributed by atoms with Crippen LogP contribution in [0.4, 0.5) is 0 Å². The third-order valence-electron chi connectivity index (χ3n) is 5.02. The number of benzene rings is 2. The van der Waals surface area contributed by atoms with Crippen LogP contribution >= 0.6 is 11.3 Å². The summed E-state index contributed by atoms with van der Waals surface area (Å²) in [6.07, 6.45) is 0.618. The van der Waals surface area contributed by atoms with E-state index in [0.29, 0.717) is 6.61 Å². The molecule has 5 heteroatoms. The van der Waals surface area contributed by atoms with E-state index < -0.39 is 0 Å². The Balaban J connectivity index is 1.61. The zero-order valence-electron chi connectivity index (χ0n) is 15.0. The maximum atomic E-state index is 6.46. The fourth-order valence-corrected chi connectivity index (χ4v) is 4.46. The monoisotopic (exact) mass is 376 g/mol. The molecule has 136 valence electrons. The van der Waals surface area contributed by atoms with Crippen LogP contribution in [0.25, 0.3) is 0 Å². The normalized spacial score (nSPS) is 20.5. The van der Waals surface area contributed by atoms with E-state index in [1.807, 2.05) is 25.1 Å². The van der Waals surface area contributed by atoms with E-state index in [1.165, 1.54) is 5.56 Å². The van der Waals surface area contributed by atoms with E-state index in [2.05, 4.69) is 52.2 Å². The molecule has 0 aliphatic carbocycles. The largest absolute Gasteiger partial charge is 0.490 e. The smallest absolute Gasteiger partial charge is 0.214 e. The van der Waals surface area contributed by atoms with Crippen molar-refractivity contribution in [3.05, 3.63) is 82.0 Å². The van der Waals surface area contributed by atoms with Crippen molar-refractivity contribution in [1.29, 1.82) is 0 Å². The summed E-state index contributed by atoms with van der Waals surface area (Å²) < 4.78 is 12.3. The number of para-hydroxylation sites is 1. The predicted molar refractivity (Wildman–Crippen MR) is 107 cm³/mol. The Morgan fingerprint density at radius 1 is 1.15 bits per heavy atom. The van der Waals surface area contributed by atoms with Gasteiger partial charge in [-0.3, -0.25) is 0 Å². The molecule has 0 N–H and O–H groups in total. The Kier molecular flexibility index (Phi) is 4.09. The Labute approximate surface area is 162 Å². The van der Waals surface area contributed by atoms with E-state index in [9.17, 15) is 0 Å². The van der Waals surface area contributed by atoms with E-state index in [0.717, 1.165) is 34.8 Å². The summed E-state index contributed by atoms with van der Waals surface area (Å²) >= 11 is 1.67. The highest BCUT2D eigenvalue weighted by atomic mass is 32.1. The van der Waals surface area contributed by atoms with Gasteiger partial charge < -0.3 is 9.47 Å². The van der Waals surface area contributed by atoms with E-state index in [1.54, 1.807) is 11.3 Å². The third kappa shape index (κ3) is 2.79. The fourth-order valence-electron chi connectivity index (χ4n) is 3.79. The lowest BCUT2D eigenvalue weighted by Crippen LogP contribution is -2.33. The van der Waals surface area contributed by atoms with Gasteiger partial charge in [-0.2, -0.15) is 16.4 Å². The Hall–Kier alpha value is -2.79. The summed E-state index contributed by atoms with van der Waals surface area (Å²) in [5, 5.41) is 11.3. The molecule has 3 aromatic rings. The van der Waals surface area contributed by atoms with Crippen LogP contribution in [0, 0.1) is 0 Å².